The first-order valence-corrected chi connectivity index (χ1v) is 9.04. The Kier molecular flexibility index (Phi) is 8.26. The first-order chi connectivity index (χ1) is 13.6. The van der Waals surface area contributed by atoms with Crippen LogP contribution in [0.25, 0.3) is 0 Å². The molecule has 0 saturated carbocycles. The van der Waals surface area contributed by atoms with Crippen LogP contribution in [0.2, 0.25) is 0 Å². The molecule has 154 valence electrons. The van der Waals surface area contributed by atoms with Crippen molar-refractivity contribution in [1.82, 2.24) is 9.97 Å². The fourth-order valence-electron chi connectivity index (χ4n) is 2.45. The number of nitrogens with one attached hydrogen (secondary N) is 1. The minimum absolute atomic E-state index is 0.194. The molecule has 0 unspecified atom stereocenters. The fourth-order valence-corrected chi connectivity index (χ4v) is 2.45. The zero-order valence-electron chi connectivity index (χ0n) is 16.8. The van der Waals surface area contributed by atoms with Crippen molar-refractivity contribution in [3.05, 3.63) is 18.3 Å². The quantitative estimate of drug-likeness (QED) is 0.527. The second kappa shape index (κ2) is 10.9. The minimum atomic E-state index is 0.194. The number of nitrogen functional groups attached to an aromatic ring is 1. The molecule has 0 fully saturated rings. The predicted octanol–water partition coefficient (Wildman–Crippen LogP) is 2.75. The van der Waals surface area contributed by atoms with E-state index in [9.17, 15) is 0 Å². The van der Waals surface area contributed by atoms with Gasteiger partial charge in [0, 0.05) is 18.7 Å². The standard InChI is InChI=1S/C19H28N4O5/c1-5-6-7-21-18-16(12-22-19(20)23-18)28-9-8-27-13-10-14(24-2)17(26-4)15(11-13)25-3/h10-12H,5-9H2,1-4H3,(H3,20,21,22,23). The lowest BCUT2D eigenvalue weighted by molar-refractivity contribution is 0.215. The maximum atomic E-state index is 5.75. The Morgan fingerprint density at radius 2 is 1.64 bits per heavy atom. The molecule has 0 saturated heterocycles. The lowest BCUT2D eigenvalue weighted by atomic mass is 10.2. The van der Waals surface area contributed by atoms with Gasteiger partial charge in [-0.05, 0) is 6.42 Å². The van der Waals surface area contributed by atoms with Crippen LogP contribution >= 0.6 is 0 Å². The molecular weight excluding hydrogens is 364 g/mol. The topological polar surface area (TPSA) is 110 Å². The van der Waals surface area contributed by atoms with Gasteiger partial charge in [0.1, 0.15) is 19.0 Å². The average Bonchev–Trinajstić information content (AvgIpc) is 2.71. The summed E-state index contributed by atoms with van der Waals surface area (Å²) in [4.78, 5) is 8.17. The van der Waals surface area contributed by atoms with E-state index in [-0.39, 0.29) is 5.95 Å². The van der Waals surface area contributed by atoms with Crippen LogP contribution in [-0.4, -0.2) is 51.1 Å². The third-order valence-electron chi connectivity index (χ3n) is 3.84. The van der Waals surface area contributed by atoms with Gasteiger partial charge in [0.25, 0.3) is 0 Å². The Morgan fingerprint density at radius 3 is 2.25 bits per heavy atom. The SMILES string of the molecule is CCCCNc1nc(N)ncc1OCCOc1cc(OC)c(OC)c(OC)c1. The van der Waals surface area contributed by atoms with E-state index in [0.717, 1.165) is 19.4 Å². The van der Waals surface area contributed by atoms with Gasteiger partial charge in [0.15, 0.2) is 23.1 Å². The zero-order valence-corrected chi connectivity index (χ0v) is 16.8. The highest BCUT2D eigenvalue weighted by Crippen LogP contribution is 2.40. The maximum absolute atomic E-state index is 5.75. The van der Waals surface area contributed by atoms with Crippen LogP contribution in [0.5, 0.6) is 28.7 Å². The minimum Gasteiger partial charge on any atom is -0.493 e. The van der Waals surface area contributed by atoms with Gasteiger partial charge < -0.3 is 34.7 Å². The van der Waals surface area contributed by atoms with Crippen molar-refractivity contribution in [1.29, 1.82) is 0 Å². The first kappa shape index (κ1) is 21.2. The van der Waals surface area contributed by atoms with Gasteiger partial charge >= 0.3 is 0 Å². The summed E-state index contributed by atoms with van der Waals surface area (Å²) in [5.41, 5.74) is 5.66. The summed E-state index contributed by atoms with van der Waals surface area (Å²) >= 11 is 0. The summed E-state index contributed by atoms with van der Waals surface area (Å²) in [6.45, 7) is 3.50. The number of unbranched alkanes of at least 4 members (excludes halogenated alkanes) is 1. The normalized spacial score (nSPS) is 10.3. The molecule has 0 aliphatic rings. The van der Waals surface area contributed by atoms with Crippen molar-refractivity contribution in [3.8, 4) is 28.7 Å². The van der Waals surface area contributed by atoms with Crippen LogP contribution in [-0.2, 0) is 0 Å². The van der Waals surface area contributed by atoms with Crippen LogP contribution in [0.3, 0.4) is 0 Å². The van der Waals surface area contributed by atoms with E-state index in [1.807, 2.05) is 0 Å². The number of ether oxygens (including phenoxy) is 5. The van der Waals surface area contributed by atoms with Gasteiger partial charge in [-0.25, -0.2) is 4.98 Å². The van der Waals surface area contributed by atoms with Crippen molar-refractivity contribution in [2.24, 2.45) is 0 Å². The van der Waals surface area contributed by atoms with Crippen LogP contribution < -0.4 is 34.7 Å². The molecule has 1 aromatic heterocycles. The molecule has 3 N–H and O–H groups in total. The summed E-state index contributed by atoms with van der Waals surface area (Å²) < 4.78 is 27.4. The summed E-state index contributed by atoms with van der Waals surface area (Å²) in [5.74, 6) is 3.43. The van der Waals surface area contributed by atoms with Crippen LogP contribution in [0.4, 0.5) is 11.8 Å². The number of anilines is 2. The van der Waals surface area contributed by atoms with Gasteiger partial charge in [0.2, 0.25) is 11.7 Å². The van der Waals surface area contributed by atoms with Gasteiger partial charge in [-0.2, -0.15) is 4.98 Å². The molecule has 9 nitrogen and oxygen atoms in total. The van der Waals surface area contributed by atoms with Crippen LogP contribution in [0, 0.1) is 0 Å². The molecule has 0 spiro atoms. The van der Waals surface area contributed by atoms with Crippen molar-refractivity contribution in [2.45, 2.75) is 19.8 Å². The van der Waals surface area contributed by atoms with Crippen molar-refractivity contribution < 1.29 is 23.7 Å². The Labute approximate surface area is 165 Å². The second-order valence-corrected chi connectivity index (χ2v) is 5.78. The molecule has 28 heavy (non-hydrogen) atoms. The predicted molar refractivity (Wildman–Crippen MR) is 107 cm³/mol. The lowest BCUT2D eigenvalue weighted by Gasteiger charge is -2.15. The molecule has 9 heteroatoms. The van der Waals surface area contributed by atoms with Crippen LogP contribution in [0.1, 0.15) is 19.8 Å². The molecular formula is C19H28N4O5. The molecule has 0 atom stereocenters. The van der Waals surface area contributed by atoms with E-state index in [0.29, 0.717) is 47.8 Å². The van der Waals surface area contributed by atoms with E-state index < -0.39 is 0 Å². The maximum Gasteiger partial charge on any atom is 0.222 e. The number of benzene rings is 1. The number of rotatable bonds is 12. The molecule has 0 amide bonds. The number of hydrogen-bond donors (Lipinski definition) is 2. The third-order valence-corrected chi connectivity index (χ3v) is 3.84. The van der Waals surface area contributed by atoms with E-state index in [1.165, 1.54) is 0 Å². The average molecular weight is 392 g/mol. The zero-order chi connectivity index (χ0) is 20.4. The molecule has 1 aromatic carbocycles. The summed E-state index contributed by atoms with van der Waals surface area (Å²) in [6.07, 6.45) is 3.65. The number of hydrogen-bond acceptors (Lipinski definition) is 9. The highest BCUT2D eigenvalue weighted by atomic mass is 16.5. The summed E-state index contributed by atoms with van der Waals surface area (Å²) in [5, 5.41) is 3.21. The van der Waals surface area contributed by atoms with Gasteiger partial charge in [0.05, 0.1) is 27.5 Å². The number of nitrogens with two attached hydrogens (primary N) is 1. The molecule has 0 radical (unpaired) electrons. The van der Waals surface area contributed by atoms with Crippen LogP contribution in [0.15, 0.2) is 18.3 Å². The Morgan fingerprint density at radius 1 is 0.964 bits per heavy atom. The number of nitrogens with zero attached hydrogens (tertiary/aromatic N) is 2. The fraction of sp³-hybridized carbons (Fsp3) is 0.474. The molecule has 2 rings (SSSR count). The molecule has 0 bridgehead atoms. The molecule has 2 aromatic rings. The Hall–Kier alpha value is -3.10. The largest absolute Gasteiger partial charge is 0.493 e. The lowest BCUT2D eigenvalue weighted by Crippen LogP contribution is -2.13. The molecule has 0 aliphatic carbocycles. The molecule has 0 aliphatic heterocycles. The first-order valence-electron chi connectivity index (χ1n) is 9.04. The Bertz CT molecular complexity index is 732. The highest BCUT2D eigenvalue weighted by molar-refractivity contribution is 5.56. The molecule has 1 heterocycles. The van der Waals surface area contributed by atoms with E-state index in [4.69, 9.17) is 29.4 Å². The van der Waals surface area contributed by atoms with E-state index in [2.05, 4.69) is 22.2 Å². The van der Waals surface area contributed by atoms with Gasteiger partial charge in [-0.1, -0.05) is 13.3 Å². The second-order valence-electron chi connectivity index (χ2n) is 5.78. The van der Waals surface area contributed by atoms with E-state index in [1.54, 1.807) is 39.7 Å². The monoisotopic (exact) mass is 392 g/mol. The number of methoxy groups -OCH3 is 3. The smallest absolute Gasteiger partial charge is 0.222 e. The summed E-state index contributed by atoms with van der Waals surface area (Å²) in [6, 6.07) is 3.46. The highest BCUT2D eigenvalue weighted by Gasteiger charge is 2.14. The van der Waals surface area contributed by atoms with Gasteiger partial charge in [-0.15, -0.1) is 0 Å². The van der Waals surface area contributed by atoms with Crippen molar-refractivity contribution in [3.63, 3.8) is 0 Å². The third kappa shape index (κ3) is 5.70. The number of aromatic nitrogens is 2. The van der Waals surface area contributed by atoms with E-state index >= 15 is 0 Å². The van der Waals surface area contributed by atoms with Gasteiger partial charge in [-0.3, -0.25) is 0 Å². The summed E-state index contributed by atoms with van der Waals surface area (Å²) in [7, 11) is 4.66. The Balaban J connectivity index is 1.96. The van der Waals surface area contributed by atoms with Crippen molar-refractivity contribution in [2.75, 3.05) is 52.1 Å². The van der Waals surface area contributed by atoms with Crippen molar-refractivity contribution >= 4 is 11.8 Å².